The van der Waals surface area contributed by atoms with Crippen LogP contribution in [0, 0.1) is 0 Å². The Morgan fingerprint density at radius 1 is 0.875 bits per heavy atom. The van der Waals surface area contributed by atoms with E-state index in [0.717, 1.165) is 5.69 Å². The molecule has 0 saturated heterocycles. The van der Waals surface area contributed by atoms with Crippen molar-refractivity contribution in [1.82, 2.24) is 9.88 Å². The van der Waals surface area contributed by atoms with E-state index < -0.39 is 0 Å². The maximum absolute atomic E-state index is 12.2. The van der Waals surface area contributed by atoms with Crippen LogP contribution in [0.1, 0.15) is 10.4 Å². The standard InChI is InChI=1S/C19H17N3O2/c23-18(21-16-8-2-1-3-9-16)14-20-19(24)15-7-6-10-17(13-15)22-11-4-5-12-22/h1-13H,14H2,(H,20,24)(H,21,23). The molecule has 1 heterocycles. The van der Waals surface area contributed by atoms with E-state index in [1.807, 2.05) is 59.4 Å². The van der Waals surface area contributed by atoms with Gasteiger partial charge in [0.15, 0.2) is 0 Å². The van der Waals surface area contributed by atoms with E-state index in [9.17, 15) is 9.59 Å². The van der Waals surface area contributed by atoms with Gasteiger partial charge in [-0.3, -0.25) is 9.59 Å². The van der Waals surface area contributed by atoms with E-state index in [1.165, 1.54) is 0 Å². The Balaban J connectivity index is 1.59. The second kappa shape index (κ2) is 7.28. The molecule has 0 unspecified atom stereocenters. The molecule has 120 valence electrons. The van der Waals surface area contributed by atoms with Crippen molar-refractivity contribution in [3.05, 3.63) is 84.7 Å². The summed E-state index contributed by atoms with van der Waals surface area (Å²) in [6.07, 6.45) is 3.81. The number of nitrogens with one attached hydrogen (secondary N) is 2. The lowest BCUT2D eigenvalue weighted by Gasteiger charge is -2.08. The highest BCUT2D eigenvalue weighted by Gasteiger charge is 2.09. The summed E-state index contributed by atoms with van der Waals surface area (Å²) in [5, 5.41) is 5.36. The summed E-state index contributed by atoms with van der Waals surface area (Å²) < 4.78 is 1.92. The van der Waals surface area contributed by atoms with Gasteiger partial charge >= 0.3 is 0 Å². The van der Waals surface area contributed by atoms with Crippen molar-refractivity contribution in [2.75, 3.05) is 11.9 Å². The average Bonchev–Trinajstić information content (AvgIpc) is 3.15. The largest absolute Gasteiger partial charge is 0.343 e. The molecule has 3 rings (SSSR count). The summed E-state index contributed by atoms with van der Waals surface area (Å²) in [6.45, 7) is -0.0819. The van der Waals surface area contributed by atoms with Crippen LogP contribution >= 0.6 is 0 Å². The smallest absolute Gasteiger partial charge is 0.251 e. The number of amides is 2. The number of carbonyl (C=O) groups excluding carboxylic acids is 2. The van der Waals surface area contributed by atoms with Crippen LogP contribution in [0.5, 0.6) is 0 Å². The highest BCUT2D eigenvalue weighted by atomic mass is 16.2. The van der Waals surface area contributed by atoms with Gasteiger partial charge in [-0.25, -0.2) is 0 Å². The number of hydrogen-bond donors (Lipinski definition) is 2. The first-order valence-corrected chi connectivity index (χ1v) is 7.59. The molecule has 2 aromatic carbocycles. The number of carbonyl (C=O) groups is 2. The number of para-hydroxylation sites is 1. The third kappa shape index (κ3) is 3.89. The lowest BCUT2D eigenvalue weighted by atomic mass is 10.2. The van der Waals surface area contributed by atoms with E-state index >= 15 is 0 Å². The minimum absolute atomic E-state index is 0.0819. The number of aromatic nitrogens is 1. The molecular weight excluding hydrogens is 302 g/mol. The van der Waals surface area contributed by atoms with Crippen LogP contribution in [0.2, 0.25) is 0 Å². The second-order valence-corrected chi connectivity index (χ2v) is 5.24. The zero-order chi connectivity index (χ0) is 16.8. The van der Waals surface area contributed by atoms with Gasteiger partial charge in [-0.15, -0.1) is 0 Å². The first-order chi connectivity index (χ1) is 11.7. The molecule has 0 spiro atoms. The first kappa shape index (κ1) is 15.6. The highest BCUT2D eigenvalue weighted by Crippen LogP contribution is 2.11. The van der Waals surface area contributed by atoms with E-state index in [0.29, 0.717) is 11.3 Å². The van der Waals surface area contributed by atoms with Crippen LogP contribution < -0.4 is 10.6 Å². The Kier molecular flexibility index (Phi) is 4.72. The maximum Gasteiger partial charge on any atom is 0.251 e. The van der Waals surface area contributed by atoms with Crippen LogP contribution in [0.4, 0.5) is 5.69 Å². The quantitative estimate of drug-likeness (QED) is 0.759. The number of anilines is 1. The molecule has 5 heteroatoms. The summed E-state index contributed by atoms with van der Waals surface area (Å²) in [5.74, 6) is -0.552. The topological polar surface area (TPSA) is 63.1 Å². The molecule has 0 bridgehead atoms. The maximum atomic E-state index is 12.2. The molecule has 0 saturated carbocycles. The molecule has 0 atom stereocenters. The van der Waals surface area contributed by atoms with Crippen LogP contribution in [-0.4, -0.2) is 22.9 Å². The fourth-order valence-corrected chi connectivity index (χ4v) is 2.30. The lowest BCUT2D eigenvalue weighted by Crippen LogP contribution is -2.32. The Labute approximate surface area is 139 Å². The van der Waals surface area contributed by atoms with Crippen molar-refractivity contribution < 1.29 is 9.59 Å². The predicted octanol–water partition coefficient (Wildman–Crippen LogP) is 2.85. The van der Waals surface area contributed by atoms with Crippen LogP contribution in [-0.2, 0) is 4.79 Å². The Bertz CT molecular complexity index is 827. The number of rotatable bonds is 5. The van der Waals surface area contributed by atoms with Gasteiger partial charge in [-0.2, -0.15) is 0 Å². The molecule has 2 amide bonds. The summed E-state index contributed by atoms with van der Waals surface area (Å²) in [6, 6.07) is 20.2. The predicted molar refractivity (Wildman–Crippen MR) is 93.2 cm³/mol. The summed E-state index contributed by atoms with van der Waals surface area (Å²) in [5.41, 5.74) is 2.10. The molecule has 3 aromatic rings. The molecule has 0 aliphatic heterocycles. The van der Waals surface area contributed by atoms with Crippen LogP contribution in [0.25, 0.3) is 5.69 Å². The fraction of sp³-hybridized carbons (Fsp3) is 0.0526. The summed E-state index contributed by atoms with van der Waals surface area (Å²) in [7, 11) is 0. The SMILES string of the molecule is O=C(CNC(=O)c1cccc(-n2cccc2)c1)Nc1ccccc1. The van der Waals surface area contributed by atoms with Crippen LogP contribution in [0.15, 0.2) is 79.1 Å². The number of nitrogens with zero attached hydrogens (tertiary/aromatic N) is 1. The van der Waals surface area contributed by atoms with Crippen molar-refractivity contribution in [2.45, 2.75) is 0 Å². The molecule has 2 N–H and O–H groups in total. The van der Waals surface area contributed by atoms with Crippen molar-refractivity contribution in [2.24, 2.45) is 0 Å². The van der Waals surface area contributed by atoms with Crippen LogP contribution in [0.3, 0.4) is 0 Å². The van der Waals surface area contributed by atoms with E-state index in [1.54, 1.807) is 24.3 Å². The molecule has 5 nitrogen and oxygen atoms in total. The van der Waals surface area contributed by atoms with Crippen molar-refractivity contribution >= 4 is 17.5 Å². The van der Waals surface area contributed by atoms with Gasteiger partial charge in [-0.05, 0) is 42.5 Å². The van der Waals surface area contributed by atoms with Gasteiger partial charge in [0.1, 0.15) is 0 Å². The third-order valence-electron chi connectivity index (χ3n) is 3.48. The van der Waals surface area contributed by atoms with Crippen molar-refractivity contribution in [3.8, 4) is 5.69 Å². The molecule has 1 aromatic heterocycles. The normalized spacial score (nSPS) is 10.2. The first-order valence-electron chi connectivity index (χ1n) is 7.59. The van der Waals surface area contributed by atoms with Gasteiger partial charge in [0.2, 0.25) is 5.91 Å². The zero-order valence-electron chi connectivity index (χ0n) is 13.0. The molecular formula is C19H17N3O2. The highest BCUT2D eigenvalue weighted by molar-refractivity contribution is 5.99. The fourth-order valence-electron chi connectivity index (χ4n) is 2.30. The molecule has 0 fully saturated rings. The Hall–Kier alpha value is -3.34. The molecule has 0 aliphatic rings. The lowest BCUT2D eigenvalue weighted by molar-refractivity contribution is -0.115. The van der Waals surface area contributed by atoms with E-state index in [-0.39, 0.29) is 18.4 Å². The van der Waals surface area contributed by atoms with Gasteiger partial charge < -0.3 is 15.2 Å². The number of benzene rings is 2. The van der Waals surface area contributed by atoms with E-state index in [4.69, 9.17) is 0 Å². The van der Waals surface area contributed by atoms with Gasteiger partial charge in [0.25, 0.3) is 5.91 Å². The Morgan fingerprint density at radius 3 is 2.38 bits per heavy atom. The van der Waals surface area contributed by atoms with Gasteiger partial charge in [-0.1, -0.05) is 24.3 Å². The van der Waals surface area contributed by atoms with Gasteiger partial charge in [0, 0.05) is 29.3 Å². The molecule has 0 radical (unpaired) electrons. The van der Waals surface area contributed by atoms with Crippen molar-refractivity contribution in [1.29, 1.82) is 0 Å². The van der Waals surface area contributed by atoms with Gasteiger partial charge in [0.05, 0.1) is 6.54 Å². The minimum Gasteiger partial charge on any atom is -0.343 e. The molecule has 0 aliphatic carbocycles. The number of hydrogen-bond acceptors (Lipinski definition) is 2. The second-order valence-electron chi connectivity index (χ2n) is 5.24. The molecule has 24 heavy (non-hydrogen) atoms. The van der Waals surface area contributed by atoms with E-state index in [2.05, 4.69) is 10.6 Å². The minimum atomic E-state index is -0.285. The Morgan fingerprint density at radius 2 is 1.62 bits per heavy atom. The average molecular weight is 319 g/mol. The third-order valence-corrected chi connectivity index (χ3v) is 3.48. The summed E-state index contributed by atoms with van der Waals surface area (Å²) in [4.78, 5) is 24.1. The zero-order valence-corrected chi connectivity index (χ0v) is 13.0. The monoisotopic (exact) mass is 319 g/mol. The van der Waals surface area contributed by atoms with Crippen molar-refractivity contribution in [3.63, 3.8) is 0 Å². The summed E-state index contributed by atoms with van der Waals surface area (Å²) >= 11 is 0.